The molecule has 2 aromatic heterocycles. The number of nitrogens with two attached hydrogens (primary N) is 1. The van der Waals surface area contributed by atoms with Gasteiger partial charge in [0.25, 0.3) is 0 Å². The van der Waals surface area contributed by atoms with Gasteiger partial charge in [0.15, 0.2) is 11.5 Å². The van der Waals surface area contributed by atoms with Crippen molar-refractivity contribution in [2.24, 2.45) is 11.3 Å². The Morgan fingerprint density at radius 3 is 2.84 bits per heavy atom. The molecule has 0 saturated heterocycles. The minimum atomic E-state index is -4.68. The average molecular weight is 392 g/mol. The molecule has 2 fully saturated rings. The number of phosphoric ester groups is 1. The van der Waals surface area contributed by atoms with Gasteiger partial charge in [0, 0.05) is 5.41 Å². The van der Waals surface area contributed by atoms with Crippen LogP contribution in [0.2, 0.25) is 5.28 Å². The van der Waals surface area contributed by atoms with Crippen molar-refractivity contribution in [1.82, 2.24) is 19.5 Å². The maximum Gasteiger partial charge on any atom is 0.469 e. The Kier molecular flexibility index (Phi) is 3.65. The van der Waals surface area contributed by atoms with Gasteiger partial charge in [-0.1, -0.05) is 0 Å². The normalized spacial score (nSPS) is 34.4. The third-order valence-corrected chi connectivity index (χ3v) is 5.73. The van der Waals surface area contributed by atoms with Gasteiger partial charge in [0.05, 0.1) is 25.1 Å². The molecule has 0 aromatic carbocycles. The monoisotopic (exact) mass is 391 g/mol. The minimum Gasteiger partial charge on any atom is -0.390 e. The number of aliphatic hydroxyl groups excluding tert-OH is 2. The smallest absolute Gasteiger partial charge is 0.390 e. The average Bonchev–Trinajstić information content (AvgIpc) is 3.01. The zero-order valence-electron chi connectivity index (χ0n) is 12.6. The van der Waals surface area contributed by atoms with E-state index in [-0.39, 0.29) is 23.6 Å². The number of anilines is 1. The van der Waals surface area contributed by atoms with Crippen LogP contribution in [0.4, 0.5) is 5.82 Å². The second kappa shape index (κ2) is 5.34. The molecule has 13 heteroatoms. The van der Waals surface area contributed by atoms with E-state index in [2.05, 4.69) is 19.5 Å². The number of hydrogen-bond donors (Lipinski definition) is 5. The lowest BCUT2D eigenvalue weighted by atomic mass is 10.0. The Labute approximate surface area is 145 Å². The molecule has 136 valence electrons. The van der Waals surface area contributed by atoms with Gasteiger partial charge in [-0.3, -0.25) is 4.52 Å². The minimum absolute atomic E-state index is 0.0771. The van der Waals surface area contributed by atoms with Crippen LogP contribution in [0.15, 0.2) is 6.33 Å². The largest absolute Gasteiger partial charge is 0.469 e. The van der Waals surface area contributed by atoms with Crippen LogP contribution in [0.5, 0.6) is 0 Å². The molecule has 0 aliphatic heterocycles. The first-order chi connectivity index (χ1) is 11.6. The predicted molar refractivity (Wildman–Crippen MR) is 84.3 cm³/mol. The van der Waals surface area contributed by atoms with E-state index in [0.29, 0.717) is 17.6 Å². The van der Waals surface area contributed by atoms with Crippen molar-refractivity contribution in [2.45, 2.75) is 24.7 Å². The van der Waals surface area contributed by atoms with Gasteiger partial charge in [0.1, 0.15) is 11.6 Å². The van der Waals surface area contributed by atoms with Gasteiger partial charge in [-0.15, -0.1) is 0 Å². The first-order valence-corrected chi connectivity index (χ1v) is 9.27. The van der Waals surface area contributed by atoms with Gasteiger partial charge in [0.2, 0.25) is 5.28 Å². The molecule has 0 spiro atoms. The summed E-state index contributed by atoms with van der Waals surface area (Å²) in [5.74, 6) is -0.176. The molecule has 0 radical (unpaired) electrons. The van der Waals surface area contributed by atoms with Crippen LogP contribution in [-0.4, -0.2) is 58.3 Å². The molecule has 0 bridgehead atoms. The summed E-state index contributed by atoms with van der Waals surface area (Å²) in [4.78, 5) is 29.8. The number of hydrogen-bond acceptors (Lipinski definition) is 8. The fourth-order valence-electron chi connectivity index (χ4n) is 3.86. The molecule has 5 atom stereocenters. The second-order valence-electron chi connectivity index (χ2n) is 6.44. The van der Waals surface area contributed by atoms with Crippen LogP contribution >= 0.6 is 19.4 Å². The third-order valence-electron chi connectivity index (χ3n) is 5.10. The summed E-state index contributed by atoms with van der Waals surface area (Å²) in [6.45, 7) is -0.360. The molecule has 6 N–H and O–H groups in total. The van der Waals surface area contributed by atoms with Crippen molar-refractivity contribution in [3.8, 4) is 0 Å². The van der Waals surface area contributed by atoms with Crippen LogP contribution in [0, 0.1) is 11.3 Å². The molecule has 2 heterocycles. The SMILES string of the molecule is Nc1nc(Cl)nc2c1ncn2[C@H]1[C@H](O)[C@H](O)[C@@]2(COP(=O)(O)O)C[C@@H]12. The summed E-state index contributed by atoms with van der Waals surface area (Å²) in [6, 6.07) is -0.606. The zero-order valence-corrected chi connectivity index (χ0v) is 14.2. The fourth-order valence-corrected chi connectivity index (χ4v) is 4.44. The van der Waals surface area contributed by atoms with E-state index in [0.717, 1.165) is 0 Å². The number of nitrogen functional groups attached to an aromatic ring is 1. The van der Waals surface area contributed by atoms with Gasteiger partial charge in [-0.25, -0.2) is 9.55 Å². The summed E-state index contributed by atoms with van der Waals surface area (Å²) in [5.41, 5.74) is 5.47. The number of aromatic nitrogens is 4. The van der Waals surface area contributed by atoms with Crippen LogP contribution in [0.25, 0.3) is 11.2 Å². The van der Waals surface area contributed by atoms with Crippen molar-refractivity contribution < 1.29 is 29.1 Å². The topological polar surface area (TPSA) is 177 Å². The van der Waals surface area contributed by atoms with Crippen molar-refractivity contribution in [3.05, 3.63) is 11.6 Å². The van der Waals surface area contributed by atoms with Gasteiger partial charge < -0.3 is 30.3 Å². The van der Waals surface area contributed by atoms with E-state index in [1.165, 1.54) is 6.33 Å². The molecule has 2 aliphatic rings. The van der Waals surface area contributed by atoms with Crippen molar-refractivity contribution in [2.75, 3.05) is 12.3 Å². The van der Waals surface area contributed by atoms with Crippen LogP contribution in [0.1, 0.15) is 12.5 Å². The first kappa shape index (κ1) is 17.1. The highest BCUT2D eigenvalue weighted by Crippen LogP contribution is 2.68. The number of nitrogens with zero attached hydrogens (tertiary/aromatic N) is 4. The Morgan fingerprint density at radius 2 is 2.16 bits per heavy atom. The summed E-state index contributed by atoms with van der Waals surface area (Å²) >= 11 is 5.84. The van der Waals surface area contributed by atoms with Crippen LogP contribution < -0.4 is 5.73 Å². The standard InChI is InChI=1S/C12H15ClN5O6P/c13-11-16-9(14)5-10(17-11)18(3-15-5)6-4-1-12(4,8(20)7(6)19)2-24-25(21,22)23/h3-4,6-8,19-20H,1-2H2,(H2,14,16,17)(H2,21,22,23)/t4-,6+,7-,8-,12+/m0/s1. The molecule has 0 unspecified atom stereocenters. The van der Waals surface area contributed by atoms with E-state index < -0.39 is 31.5 Å². The molecule has 2 saturated carbocycles. The summed E-state index contributed by atoms with van der Waals surface area (Å²) in [5, 5.41) is 20.8. The molecule has 25 heavy (non-hydrogen) atoms. The maximum atomic E-state index is 11.0. The number of aliphatic hydroxyl groups is 2. The molecule has 4 rings (SSSR count). The van der Waals surface area contributed by atoms with Crippen molar-refractivity contribution >= 4 is 36.4 Å². The highest BCUT2D eigenvalue weighted by Gasteiger charge is 2.72. The summed E-state index contributed by atoms with van der Waals surface area (Å²) < 4.78 is 17.1. The Morgan fingerprint density at radius 1 is 1.44 bits per heavy atom. The number of halogens is 1. The highest BCUT2D eigenvalue weighted by molar-refractivity contribution is 7.46. The number of fused-ring (bicyclic) bond motifs is 2. The second-order valence-corrected chi connectivity index (χ2v) is 8.01. The fraction of sp³-hybridized carbons (Fsp3) is 0.583. The summed E-state index contributed by atoms with van der Waals surface area (Å²) in [6.07, 6.45) is -0.540. The zero-order chi connectivity index (χ0) is 18.1. The predicted octanol–water partition coefficient (Wildman–Crippen LogP) is -0.546. The lowest BCUT2D eigenvalue weighted by molar-refractivity contribution is -0.0297. The maximum absolute atomic E-state index is 11.0. The number of rotatable bonds is 4. The molecular formula is C12H15ClN5O6P. The lowest BCUT2D eigenvalue weighted by Crippen LogP contribution is -2.35. The Bertz CT molecular complexity index is 903. The van der Waals surface area contributed by atoms with Crippen molar-refractivity contribution in [3.63, 3.8) is 0 Å². The molecular weight excluding hydrogens is 377 g/mol. The van der Waals surface area contributed by atoms with Crippen LogP contribution in [0.3, 0.4) is 0 Å². The molecule has 2 aliphatic carbocycles. The number of phosphoric acid groups is 1. The van der Waals surface area contributed by atoms with Crippen molar-refractivity contribution in [1.29, 1.82) is 0 Å². The van der Waals surface area contributed by atoms with Gasteiger partial charge in [-0.05, 0) is 23.9 Å². The molecule has 11 nitrogen and oxygen atoms in total. The summed E-state index contributed by atoms with van der Waals surface area (Å²) in [7, 11) is -4.68. The first-order valence-electron chi connectivity index (χ1n) is 7.36. The van der Waals surface area contributed by atoms with Gasteiger partial charge in [-0.2, -0.15) is 9.97 Å². The van der Waals surface area contributed by atoms with Crippen LogP contribution in [-0.2, 0) is 9.09 Å². The third kappa shape index (κ3) is 2.55. The quantitative estimate of drug-likeness (QED) is 0.335. The molecule has 2 aromatic rings. The number of imidazole rings is 1. The van der Waals surface area contributed by atoms with E-state index in [4.69, 9.17) is 27.1 Å². The highest BCUT2D eigenvalue weighted by atomic mass is 35.5. The van der Waals surface area contributed by atoms with Gasteiger partial charge >= 0.3 is 7.82 Å². The lowest BCUT2D eigenvalue weighted by Gasteiger charge is -2.24. The van der Waals surface area contributed by atoms with E-state index >= 15 is 0 Å². The Hall–Kier alpha value is -1.33. The Balaban J connectivity index is 1.70. The molecule has 0 amide bonds. The van der Waals surface area contributed by atoms with E-state index in [1.54, 1.807) is 4.57 Å². The van der Waals surface area contributed by atoms with E-state index in [9.17, 15) is 14.8 Å². The van der Waals surface area contributed by atoms with E-state index in [1.807, 2.05) is 0 Å².